The summed E-state index contributed by atoms with van der Waals surface area (Å²) in [7, 11) is 1.86. The number of hydrogen-bond acceptors (Lipinski definition) is 4. The molecule has 8 nitrogen and oxygen atoms in total. The first-order valence-corrected chi connectivity index (χ1v) is 11.9. The molecule has 1 atom stereocenters. The van der Waals surface area contributed by atoms with Crippen molar-refractivity contribution in [2.75, 3.05) is 19.6 Å². The maximum absolute atomic E-state index is 13.5. The standard InChI is InChI=1S/C25H31N5O3/c1-16-5-3-6-17(13-16)24(32)30-12-10-21-20(15-30)22(27-28(21)2)25(33)29-11-4-7-18(14-29)23(31)26-19-8-9-19/h3,5-6,13,18-19H,4,7-12,14-15H2,1-2H3,(H,26,31). The number of amides is 3. The number of carbonyl (C=O) groups excluding carboxylic acids is 3. The van der Waals surface area contributed by atoms with E-state index in [1.165, 1.54) is 0 Å². The van der Waals surface area contributed by atoms with Gasteiger partial charge in [-0.25, -0.2) is 0 Å². The number of aromatic nitrogens is 2. The number of hydrogen-bond donors (Lipinski definition) is 1. The second-order valence-corrected chi connectivity index (χ2v) is 9.62. The van der Waals surface area contributed by atoms with Crippen LogP contribution in [0.25, 0.3) is 0 Å². The topological polar surface area (TPSA) is 87.5 Å². The smallest absolute Gasteiger partial charge is 0.274 e. The van der Waals surface area contributed by atoms with Gasteiger partial charge in [0.1, 0.15) is 0 Å². The van der Waals surface area contributed by atoms with Crippen LogP contribution in [0.2, 0.25) is 0 Å². The Hall–Kier alpha value is -3.16. The summed E-state index contributed by atoms with van der Waals surface area (Å²) in [6, 6.07) is 7.92. The van der Waals surface area contributed by atoms with Crippen molar-refractivity contribution in [3.8, 4) is 0 Å². The molecular weight excluding hydrogens is 418 g/mol. The Morgan fingerprint density at radius 2 is 1.88 bits per heavy atom. The second kappa shape index (κ2) is 8.65. The van der Waals surface area contributed by atoms with Crippen LogP contribution in [0.4, 0.5) is 0 Å². The van der Waals surface area contributed by atoms with E-state index in [-0.39, 0.29) is 23.6 Å². The fourth-order valence-corrected chi connectivity index (χ4v) is 4.97. The molecule has 0 bridgehead atoms. The van der Waals surface area contributed by atoms with E-state index >= 15 is 0 Å². The molecule has 1 saturated heterocycles. The highest BCUT2D eigenvalue weighted by atomic mass is 16.2. The zero-order valence-electron chi connectivity index (χ0n) is 19.3. The lowest BCUT2D eigenvalue weighted by molar-refractivity contribution is -0.126. The molecule has 0 spiro atoms. The van der Waals surface area contributed by atoms with Gasteiger partial charge in [-0.05, 0) is 44.7 Å². The number of likely N-dealkylation sites (tertiary alicyclic amines) is 1. The molecule has 1 aromatic heterocycles. The van der Waals surface area contributed by atoms with Crippen LogP contribution in [0, 0.1) is 12.8 Å². The van der Waals surface area contributed by atoms with Crippen molar-refractivity contribution in [2.45, 2.75) is 51.6 Å². The van der Waals surface area contributed by atoms with Gasteiger partial charge in [-0.15, -0.1) is 0 Å². The minimum atomic E-state index is -0.165. The maximum Gasteiger partial charge on any atom is 0.274 e. The molecule has 1 saturated carbocycles. The molecule has 8 heteroatoms. The molecule has 1 aromatic carbocycles. The van der Waals surface area contributed by atoms with Crippen molar-refractivity contribution in [1.29, 1.82) is 0 Å². The van der Waals surface area contributed by atoms with E-state index in [4.69, 9.17) is 0 Å². The number of benzene rings is 1. The SMILES string of the molecule is Cc1cccc(C(=O)N2CCc3c(c(C(=O)N4CCCC(C(=O)NC5CC5)C4)nn3C)C2)c1. The summed E-state index contributed by atoms with van der Waals surface area (Å²) < 4.78 is 1.78. The molecule has 33 heavy (non-hydrogen) atoms. The van der Waals surface area contributed by atoms with E-state index < -0.39 is 0 Å². The van der Waals surface area contributed by atoms with Crippen molar-refractivity contribution in [3.05, 3.63) is 52.3 Å². The fraction of sp³-hybridized carbons (Fsp3) is 0.520. The van der Waals surface area contributed by atoms with Crippen molar-refractivity contribution in [1.82, 2.24) is 24.9 Å². The number of piperidine rings is 1. The van der Waals surface area contributed by atoms with Crippen LogP contribution >= 0.6 is 0 Å². The molecule has 2 fully saturated rings. The van der Waals surface area contributed by atoms with E-state index in [0.717, 1.165) is 42.5 Å². The van der Waals surface area contributed by atoms with Crippen LogP contribution in [-0.2, 0) is 24.8 Å². The number of rotatable bonds is 4. The molecule has 1 unspecified atom stereocenters. The first-order valence-electron chi connectivity index (χ1n) is 11.9. The third-order valence-electron chi connectivity index (χ3n) is 7.00. The van der Waals surface area contributed by atoms with E-state index in [2.05, 4.69) is 10.4 Å². The lowest BCUT2D eigenvalue weighted by atomic mass is 9.96. The van der Waals surface area contributed by atoms with Gasteiger partial charge in [0.05, 0.1) is 12.5 Å². The van der Waals surface area contributed by atoms with Gasteiger partial charge in [0, 0.05) is 56.0 Å². The minimum Gasteiger partial charge on any atom is -0.353 e. The predicted octanol–water partition coefficient (Wildman–Crippen LogP) is 2.06. The van der Waals surface area contributed by atoms with E-state index in [1.54, 1.807) is 14.5 Å². The Balaban J connectivity index is 1.33. The zero-order valence-corrected chi connectivity index (χ0v) is 19.3. The molecule has 1 aliphatic carbocycles. The number of aryl methyl sites for hydroxylation is 2. The first-order chi connectivity index (χ1) is 15.9. The molecular formula is C25H31N5O3. The average Bonchev–Trinajstić information content (AvgIpc) is 3.59. The van der Waals surface area contributed by atoms with Crippen molar-refractivity contribution in [3.63, 3.8) is 0 Å². The lowest BCUT2D eigenvalue weighted by Crippen LogP contribution is -2.46. The quantitative estimate of drug-likeness (QED) is 0.774. The first kappa shape index (κ1) is 21.7. The van der Waals surface area contributed by atoms with E-state index in [1.807, 2.05) is 38.2 Å². The monoisotopic (exact) mass is 449 g/mol. The number of nitrogens with one attached hydrogen (secondary N) is 1. The lowest BCUT2D eigenvalue weighted by Gasteiger charge is -2.32. The number of nitrogens with zero attached hydrogens (tertiary/aromatic N) is 4. The summed E-state index contributed by atoms with van der Waals surface area (Å²) in [6.07, 6.45) is 4.39. The van der Waals surface area contributed by atoms with Crippen molar-refractivity contribution in [2.24, 2.45) is 13.0 Å². The number of fused-ring (bicyclic) bond motifs is 1. The molecule has 3 heterocycles. The Kier molecular flexibility index (Phi) is 5.68. The van der Waals surface area contributed by atoms with Gasteiger partial charge < -0.3 is 15.1 Å². The van der Waals surface area contributed by atoms with E-state index in [0.29, 0.717) is 49.9 Å². The summed E-state index contributed by atoms with van der Waals surface area (Å²) in [5.74, 6) is -0.266. The zero-order chi connectivity index (χ0) is 23.1. The van der Waals surface area contributed by atoms with Gasteiger partial charge in [0.15, 0.2) is 5.69 Å². The van der Waals surface area contributed by atoms with Gasteiger partial charge in [-0.1, -0.05) is 17.7 Å². The van der Waals surface area contributed by atoms with Crippen LogP contribution in [0.5, 0.6) is 0 Å². The molecule has 0 radical (unpaired) electrons. The molecule has 174 valence electrons. The normalized spacial score (nSPS) is 20.4. The van der Waals surface area contributed by atoms with E-state index in [9.17, 15) is 14.4 Å². The van der Waals surface area contributed by atoms with Crippen LogP contribution in [0.1, 0.15) is 63.4 Å². The van der Waals surface area contributed by atoms with Crippen molar-refractivity contribution >= 4 is 17.7 Å². The summed E-state index contributed by atoms with van der Waals surface area (Å²) in [5.41, 5.74) is 3.96. The Labute approximate surface area is 193 Å². The summed E-state index contributed by atoms with van der Waals surface area (Å²) in [5, 5.41) is 7.64. The van der Waals surface area contributed by atoms with Crippen LogP contribution in [0.15, 0.2) is 24.3 Å². The molecule has 2 aromatic rings. The summed E-state index contributed by atoms with van der Waals surface area (Å²) in [6.45, 7) is 3.99. The molecule has 2 aliphatic heterocycles. The van der Waals surface area contributed by atoms with Crippen molar-refractivity contribution < 1.29 is 14.4 Å². The highest BCUT2D eigenvalue weighted by molar-refractivity contribution is 5.96. The summed E-state index contributed by atoms with van der Waals surface area (Å²) >= 11 is 0. The van der Waals surface area contributed by atoms with Crippen LogP contribution in [-0.4, -0.2) is 63.0 Å². The highest BCUT2D eigenvalue weighted by Gasteiger charge is 2.35. The molecule has 5 rings (SSSR count). The minimum absolute atomic E-state index is 0.0265. The third-order valence-corrected chi connectivity index (χ3v) is 7.00. The van der Waals surface area contributed by atoms with Crippen LogP contribution in [0.3, 0.4) is 0 Å². The Bertz CT molecular complexity index is 1100. The van der Waals surface area contributed by atoms with Gasteiger partial charge in [0.2, 0.25) is 5.91 Å². The maximum atomic E-state index is 13.5. The Morgan fingerprint density at radius 3 is 2.64 bits per heavy atom. The Morgan fingerprint density at radius 1 is 1.06 bits per heavy atom. The van der Waals surface area contributed by atoms with Gasteiger partial charge in [-0.2, -0.15) is 5.10 Å². The predicted molar refractivity (Wildman–Crippen MR) is 123 cm³/mol. The fourth-order valence-electron chi connectivity index (χ4n) is 4.97. The largest absolute Gasteiger partial charge is 0.353 e. The molecule has 3 amide bonds. The second-order valence-electron chi connectivity index (χ2n) is 9.62. The van der Waals surface area contributed by atoms with Gasteiger partial charge in [0.25, 0.3) is 11.8 Å². The van der Waals surface area contributed by atoms with Gasteiger partial charge >= 0.3 is 0 Å². The van der Waals surface area contributed by atoms with Crippen LogP contribution < -0.4 is 5.32 Å². The van der Waals surface area contributed by atoms with Gasteiger partial charge in [-0.3, -0.25) is 19.1 Å². The average molecular weight is 450 g/mol. The summed E-state index contributed by atoms with van der Waals surface area (Å²) in [4.78, 5) is 42.7. The number of carbonyl (C=O) groups is 3. The molecule has 1 N–H and O–H groups in total. The molecule has 3 aliphatic rings. The highest BCUT2D eigenvalue weighted by Crippen LogP contribution is 2.27. The third kappa shape index (κ3) is 4.38.